The fourth-order valence-corrected chi connectivity index (χ4v) is 1.82. The Bertz CT molecular complexity index is 123. The summed E-state index contributed by atoms with van der Waals surface area (Å²) in [5.74, 6) is 0.825. The molecular weight excluding hydrogens is 148 g/mol. The fraction of sp³-hybridized carbons (Fsp3) is 1.00. The highest BCUT2D eigenvalue weighted by Crippen LogP contribution is 2.09. The van der Waals surface area contributed by atoms with Gasteiger partial charge >= 0.3 is 0 Å². The van der Waals surface area contributed by atoms with Gasteiger partial charge in [0.05, 0.1) is 0 Å². The van der Waals surface area contributed by atoms with Crippen molar-refractivity contribution in [2.45, 2.75) is 32.7 Å². The summed E-state index contributed by atoms with van der Waals surface area (Å²) in [6.07, 6.45) is 2.64. The molecule has 0 amide bonds. The molecule has 1 saturated heterocycles. The van der Waals surface area contributed by atoms with Gasteiger partial charge in [-0.3, -0.25) is 0 Å². The number of rotatable bonds is 2. The average molecular weight is 170 g/mol. The average Bonchev–Trinajstić information content (AvgIpc) is 2.15. The molecule has 0 aromatic rings. The molecule has 0 radical (unpaired) electrons. The Balaban J connectivity index is 2.26. The summed E-state index contributed by atoms with van der Waals surface area (Å²) in [6.45, 7) is 8.22. The molecule has 1 rings (SSSR count). The quantitative estimate of drug-likeness (QED) is 0.672. The molecular formula is C10H22N2. The van der Waals surface area contributed by atoms with Crippen LogP contribution in [0.25, 0.3) is 0 Å². The number of nitrogens with one attached hydrogen (secondary N) is 1. The lowest BCUT2D eigenvalue weighted by atomic mass is 10.0. The summed E-state index contributed by atoms with van der Waals surface area (Å²) in [5, 5.41) is 3.60. The van der Waals surface area contributed by atoms with Crippen LogP contribution in [0.15, 0.2) is 0 Å². The first-order valence-electron chi connectivity index (χ1n) is 5.10. The van der Waals surface area contributed by atoms with Crippen molar-refractivity contribution in [3.05, 3.63) is 0 Å². The normalized spacial score (nSPS) is 27.5. The smallest absolute Gasteiger partial charge is 0.0104 e. The van der Waals surface area contributed by atoms with Gasteiger partial charge in [0.25, 0.3) is 0 Å². The van der Waals surface area contributed by atoms with E-state index in [1.165, 1.54) is 25.9 Å². The van der Waals surface area contributed by atoms with E-state index in [4.69, 9.17) is 0 Å². The lowest BCUT2D eigenvalue weighted by molar-refractivity contribution is 0.349. The van der Waals surface area contributed by atoms with Gasteiger partial charge in [0.2, 0.25) is 0 Å². The molecule has 2 nitrogen and oxygen atoms in total. The van der Waals surface area contributed by atoms with Crippen LogP contribution in [-0.2, 0) is 0 Å². The highest BCUT2D eigenvalue weighted by Gasteiger charge is 2.14. The molecule has 1 heterocycles. The largest absolute Gasteiger partial charge is 0.313 e. The van der Waals surface area contributed by atoms with Gasteiger partial charge in [0.15, 0.2) is 0 Å². The molecule has 1 atom stereocenters. The summed E-state index contributed by atoms with van der Waals surface area (Å²) >= 11 is 0. The molecule has 1 aliphatic heterocycles. The fourth-order valence-electron chi connectivity index (χ4n) is 1.82. The van der Waals surface area contributed by atoms with Gasteiger partial charge in [0.1, 0.15) is 0 Å². The Hall–Kier alpha value is -0.0800. The minimum Gasteiger partial charge on any atom is -0.313 e. The van der Waals surface area contributed by atoms with E-state index < -0.39 is 0 Å². The predicted octanol–water partition coefficient (Wildman–Crippen LogP) is 1.33. The first-order valence-corrected chi connectivity index (χ1v) is 5.10. The van der Waals surface area contributed by atoms with Crippen LogP contribution in [0.4, 0.5) is 0 Å². The van der Waals surface area contributed by atoms with E-state index in [0.717, 1.165) is 18.5 Å². The number of hydrogen-bond acceptors (Lipinski definition) is 2. The van der Waals surface area contributed by atoms with Gasteiger partial charge in [-0.2, -0.15) is 0 Å². The standard InChI is InChI=1S/C10H22N2/c1-9(2)8-10-4-6-12(3)7-5-11-10/h9-11H,4-8H2,1-3H3. The molecule has 0 spiro atoms. The Labute approximate surface area is 76.3 Å². The van der Waals surface area contributed by atoms with Gasteiger partial charge in [-0.1, -0.05) is 13.8 Å². The van der Waals surface area contributed by atoms with E-state index in [1.54, 1.807) is 0 Å². The third-order valence-corrected chi connectivity index (χ3v) is 2.54. The number of hydrogen-bond donors (Lipinski definition) is 1. The number of likely N-dealkylation sites (N-methyl/N-ethyl adjacent to an activating group) is 1. The van der Waals surface area contributed by atoms with Crippen molar-refractivity contribution in [1.82, 2.24) is 10.2 Å². The molecule has 12 heavy (non-hydrogen) atoms. The summed E-state index contributed by atoms with van der Waals surface area (Å²) in [6, 6.07) is 0.759. The van der Waals surface area contributed by atoms with Crippen LogP contribution in [0.5, 0.6) is 0 Å². The van der Waals surface area contributed by atoms with Crippen molar-refractivity contribution in [2.75, 3.05) is 26.7 Å². The van der Waals surface area contributed by atoms with Crippen molar-refractivity contribution in [1.29, 1.82) is 0 Å². The maximum atomic E-state index is 3.60. The SMILES string of the molecule is CC(C)CC1CCN(C)CCN1. The zero-order valence-electron chi connectivity index (χ0n) is 8.64. The molecule has 1 unspecified atom stereocenters. The maximum absolute atomic E-state index is 3.60. The molecule has 1 aliphatic rings. The van der Waals surface area contributed by atoms with Crippen LogP contribution in [-0.4, -0.2) is 37.6 Å². The maximum Gasteiger partial charge on any atom is 0.0104 e. The van der Waals surface area contributed by atoms with Crippen LogP contribution in [0.3, 0.4) is 0 Å². The Morgan fingerprint density at radius 3 is 2.83 bits per heavy atom. The number of nitrogens with zero attached hydrogens (tertiary/aromatic N) is 1. The zero-order chi connectivity index (χ0) is 8.97. The van der Waals surface area contributed by atoms with Gasteiger partial charge in [-0.25, -0.2) is 0 Å². The van der Waals surface area contributed by atoms with Crippen LogP contribution in [0.1, 0.15) is 26.7 Å². The molecule has 1 N–H and O–H groups in total. The van der Waals surface area contributed by atoms with Crippen LogP contribution in [0.2, 0.25) is 0 Å². The second-order valence-corrected chi connectivity index (χ2v) is 4.37. The van der Waals surface area contributed by atoms with Crippen molar-refractivity contribution in [3.63, 3.8) is 0 Å². The summed E-state index contributed by atoms with van der Waals surface area (Å²) in [4.78, 5) is 2.41. The van der Waals surface area contributed by atoms with E-state index in [0.29, 0.717) is 0 Å². The topological polar surface area (TPSA) is 15.3 Å². The molecule has 0 aromatic heterocycles. The summed E-state index contributed by atoms with van der Waals surface area (Å²) in [5.41, 5.74) is 0. The van der Waals surface area contributed by atoms with Crippen LogP contribution >= 0.6 is 0 Å². The third kappa shape index (κ3) is 3.55. The predicted molar refractivity (Wildman–Crippen MR) is 53.4 cm³/mol. The highest BCUT2D eigenvalue weighted by atomic mass is 15.1. The van der Waals surface area contributed by atoms with Gasteiger partial charge < -0.3 is 10.2 Å². The molecule has 0 bridgehead atoms. The Morgan fingerprint density at radius 2 is 2.17 bits per heavy atom. The van der Waals surface area contributed by atoms with Crippen molar-refractivity contribution in [3.8, 4) is 0 Å². The molecule has 72 valence electrons. The minimum atomic E-state index is 0.759. The third-order valence-electron chi connectivity index (χ3n) is 2.54. The van der Waals surface area contributed by atoms with Gasteiger partial charge in [0, 0.05) is 19.1 Å². The van der Waals surface area contributed by atoms with Gasteiger partial charge in [-0.15, -0.1) is 0 Å². The lowest BCUT2D eigenvalue weighted by Crippen LogP contribution is -2.31. The van der Waals surface area contributed by atoms with E-state index in [-0.39, 0.29) is 0 Å². The van der Waals surface area contributed by atoms with E-state index in [2.05, 4.69) is 31.1 Å². The second kappa shape index (κ2) is 4.83. The molecule has 1 fully saturated rings. The zero-order valence-corrected chi connectivity index (χ0v) is 8.64. The monoisotopic (exact) mass is 170 g/mol. The lowest BCUT2D eigenvalue weighted by Gasteiger charge is -2.17. The molecule has 0 aliphatic carbocycles. The molecule has 0 saturated carbocycles. The minimum absolute atomic E-state index is 0.759. The van der Waals surface area contributed by atoms with Crippen molar-refractivity contribution >= 4 is 0 Å². The van der Waals surface area contributed by atoms with Crippen LogP contribution < -0.4 is 5.32 Å². The van der Waals surface area contributed by atoms with Crippen molar-refractivity contribution in [2.24, 2.45) is 5.92 Å². The Kier molecular flexibility index (Phi) is 4.02. The van der Waals surface area contributed by atoms with Crippen molar-refractivity contribution < 1.29 is 0 Å². The van der Waals surface area contributed by atoms with Gasteiger partial charge in [-0.05, 0) is 32.4 Å². The van der Waals surface area contributed by atoms with E-state index in [9.17, 15) is 0 Å². The van der Waals surface area contributed by atoms with E-state index in [1.807, 2.05) is 0 Å². The first-order chi connectivity index (χ1) is 5.68. The molecule has 2 heteroatoms. The summed E-state index contributed by atoms with van der Waals surface area (Å²) in [7, 11) is 2.21. The molecule has 0 aromatic carbocycles. The Morgan fingerprint density at radius 1 is 1.42 bits per heavy atom. The highest BCUT2D eigenvalue weighted by molar-refractivity contribution is 4.74. The van der Waals surface area contributed by atoms with Crippen LogP contribution in [0, 0.1) is 5.92 Å². The second-order valence-electron chi connectivity index (χ2n) is 4.37. The van der Waals surface area contributed by atoms with E-state index >= 15 is 0 Å². The summed E-state index contributed by atoms with van der Waals surface area (Å²) < 4.78 is 0. The first kappa shape index (κ1) is 10.0.